The van der Waals surface area contributed by atoms with E-state index in [0.29, 0.717) is 18.5 Å². The summed E-state index contributed by atoms with van der Waals surface area (Å²) >= 11 is 0. The van der Waals surface area contributed by atoms with Crippen LogP contribution in [0.2, 0.25) is 0 Å². The Morgan fingerprint density at radius 3 is 2.29 bits per heavy atom. The summed E-state index contributed by atoms with van der Waals surface area (Å²) in [6, 6.07) is 8.98. The van der Waals surface area contributed by atoms with Gasteiger partial charge >= 0.3 is 0 Å². The lowest BCUT2D eigenvalue weighted by Gasteiger charge is -2.08. The van der Waals surface area contributed by atoms with Crippen molar-refractivity contribution in [1.82, 2.24) is 9.55 Å². The second-order valence-electron chi connectivity index (χ2n) is 5.59. The van der Waals surface area contributed by atoms with Crippen molar-refractivity contribution in [1.29, 1.82) is 0 Å². The van der Waals surface area contributed by atoms with E-state index in [1.807, 2.05) is 20.2 Å². The van der Waals surface area contributed by atoms with Crippen molar-refractivity contribution in [2.75, 3.05) is 6.54 Å². The van der Waals surface area contributed by atoms with E-state index in [1.54, 1.807) is 0 Å². The summed E-state index contributed by atoms with van der Waals surface area (Å²) in [6.45, 7) is 11.2. The summed E-state index contributed by atoms with van der Waals surface area (Å²) in [5.74, 6) is 0.690. The van der Waals surface area contributed by atoms with Gasteiger partial charge < -0.3 is 10.3 Å². The summed E-state index contributed by atoms with van der Waals surface area (Å²) in [5.41, 5.74) is 9.23. The van der Waals surface area contributed by atoms with Crippen molar-refractivity contribution < 1.29 is 1.43 Å². The number of imidazole rings is 1. The molecule has 2 aromatic rings. The van der Waals surface area contributed by atoms with Crippen LogP contribution in [0.5, 0.6) is 0 Å². The molecule has 0 aliphatic rings. The average Bonchev–Trinajstić information content (AvgIpc) is 2.98. The van der Waals surface area contributed by atoms with Gasteiger partial charge in [-0.25, -0.2) is 4.98 Å². The highest BCUT2D eigenvalue weighted by Crippen LogP contribution is 2.20. The molecule has 0 spiro atoms. The van der Waals surface area contributed by atoms with Gasteiger partial charge in [0.2, 0.25) is 0 Å². The Morgan fingerprint density at radius 1 is 1.14 bits per heavy atom. The van der Waals surface area contributed by atoms with Gasteiger partial charge in [0.25, 0.3) is 0 Å². The van der Waals surface area contributed by atoms with E-state index in [9.17, 15) is 0 Å². The first-order chi connectivity index (χ1) is 10.1. The molecule has 0 saturated heterocycles. The molecule has 2 rings (SSSR count). The molecule has 0 unspecified atom stereocenters. The Hall–Kier alpha value is -1.61. The van der Waals surface area contributed by atoms with Gasteiger partial charge in [-0.05, 0) is 24.8 Å². The van der Waals surface area contributed by atoms with E-state index >= 15 is 0 Å². The molecule has 2 N–H and O–H groups in total. The van der Waals surface area contributed by atoms with Crippen LogP contribution >= 0.6 is 0 Å². The zero-order valence-electron chi connectivity index (χ0n) is 14.0. The normalized spacial score (nSPS) is 12.0. The number of nitrogens with two attached hydrogens (primary N) is 1. The second-order valence-corrected chi connectivity index (χ2v) is 5.59. The summed E-state index contributed by atoms with van der Waals surface area (Å²) in [4.78, 5) is 4.45. The molecule has 0 fully saturated rings. The van der Waals surface area contributed by atoms with Crippen molar-refractivity contribution >= 4 is 0 Å². The maximum atomic E-state index is 5.67. The molecular weight excluding hydrogens is 258 g/mol. The van der Waals surface area contributed by atoms with Gasteiger partial charge in [0, 0.05) is 25.8 Å². The number of rotatable bonds is 5. The van der Waals surface area contributed by atoms with Crippen LogP contribution in [0.1, 0.15) is 47.7 Å². The fourth-order valence-corrected chi connectivity index (χ4v) is 2.13. The highest BCUT2D eigenvalue weighted by Gasteiger charge is 2.06. The molecule has 1 aromatic heterocycles. The van der Waals surface area contributed by atoms with Gasteiger partial charge in [-0.3, -0.25) is 0 Å². The van der Waals surface area contributed by atoms with Crippen molar-refractivity contribution in [3.05, 3.63) is 42.4 Å². The minimum atomic E-state index is 0. The second kappa shape index (κ2) is 8.63. The summed E-state index contributed by atoms with van der Waals surface area (Å²) in [6.07, 6.45) is 5.04. The van der Waals surface area contributed by atoms with Crippen LogP contribution in [0, 0.1) is 5.92 Å². The van der Waals surface area contributed by atoms with Crippen LogP contribution in [0.25, 0.3) is 11.3 Å². The highest BCUT2D eigenvalue weighted by molar-refractivity contribution is 5.58. The molecule has 3 heteroatoms. The van der Waals surface area contributed by atoms with E-state index in [1.165, 1.54) is 5.56 Å². The molecule has 0 amide bonds. The number of hydrogen-bond acceptors (Lipinski definition) is 2. The van der Waals surface area contributed by atoms with Crippen LogP contribution in [-0.2, 0) is 6.42 Å². The third-order valence-electron chi connectivity index (χ3n) is 3.35. The molecule has 118 valence electrons. The standard InChI is InChI=1S/C16H23N3.C2H6.H2/c1-12(2)8-14-4-6-15(7-5-14)16-10-19(11-18-16)13(3)9-17;1-2;/h4-7,10-13H,8-9,17H2,1-3H3;1-2H3;1H/t13-;;/m0../s1. The third-order valence-corrected chi connectivity index (χ3v) is 3.35. The smallest absolute Gasteiger partial charge is 0.0956 e. The molecule has 1 atom stereocenters. The molecule has 1 heterocycles. The van der Waals surface area contributed by atoms with Crippen LogP contribution in [0.4, 0.5) is 0 Å². The zero-order valence-corrected chi connectivity index (χ0v) is 14.0. The molecule has 3 nitrogen and oxygen atoms in total. The highest BCUT2D eigenvalue weighted by atomic mass is 15.1. The topological polar surface area (TPSA) is 43.8 Å². The van der Waals surface area contributed by atoms with Crippen LogP contribution in [0.15, 0.2) is 36.8 Å². The van der Waals surface area contributed by atoms with Crippen molar-refractivity contribution in [2.24, 2.45) is 11.7 Å². The first kappa shape index (κ1) is 17.4. The number of benzene rings is 1. The summed E-state index contributed by atoms with van der Waals surface area (Å²) in [7, 11) is 0. The lowest BCUT2D eigenvalue weighted by molar-refractivity contribution is 0.558. The Bertz CT molecular complexity index is 517. The maximum absolute atomic E-state index is 5.67. The Morgan fingerprint density at radius 2 is 1.76 bits per heavy atom. The van der Waals surface area contributed by atoms with Gasteiger partial charge in [-0.2, -0.15) is 0 Å². The third kappa shape index (κ3) is 5.01. The predicted molar refractivity (Wildman–Crippen MR) is 93.4 cm³/mol. The van der Waals surface area contributed by atoms with Crippen LogP contribution in [0.3, 0.4) is 0 Å². The van der Waals surface area contributed by atoms with Gasteiger partial charge in [0.1, 0.15) is 0 Å². The van der Waals surface area contributed by atoms with E-state index in [-0.39, 0.29) is 1.43 Å². The first-order valence-electron chi connectivity index (χ1n) is 7.93. The molecule has 0 bridgehead atoms. The first-order valence-corrected chi connectivity index (χ1v) is 7.93. The maximum Gasteiger partial charge on any atom is 0.0956 e. The van der Waals surface area contributed by atoms with Gasteiger partial charge in [0.05, 0.1) is 12.0 Å². The molecule has 0 aliphatic heterocycles. The average molecular weight is 289 g/mol. The fraction of sp³-hybridized carbons (Fsp3) is 0.500. The van der Waals surface area contributed by atoms with E-state index < -0.39 is 0 Å². The predicted octanol–water partition coefficient (Wildman–Crippen LogP) is 4.54. The fourth-order valence-electron chi connectivity index (χ4n) is 2.13. The Kier molecular flexibility index (Phi) is 7.17. The quantitative estimate of drug-likeness (QED) is 0.878. The minimum Gasteiger partial charge on any atom is -0.333 e. The molecule has 1 aromatic carbocycles. The molecule has 0 saturated carbocycles. The molecule has 21 heavy (non-hydrogen) atoms. The molecule has 0 radical (unpaired) electrons. The molecular formula is C18H31N3. The largest absolute Gasteiger partial charge is 0.333 e. The number of aromatic nitrogens is 2. The van der Waals surface area contributed by atoms with Crippen LogP contribution in [-0.4, -0.2) is 16.1 Å². The van der Waals surface area contributed by atoms with Gasteiger partial charge in [-0.1, -0.05) is 52.0 Å². The SMILES string of the molecule is CC.CC(C)Cc1ccc(-c2cn([C@@H](C)CN)cn2)cc1.[HH]. The monoisotopic (exact) mass is 289 g/mol. The van der Waals surface area contributed by atoms with Gasteiger partial charge in [0.15, 0.2) is 0 Å². The number of hydrogen-bond donors (Lipinski definition) is 1. The van der Waals surface area contributed by atoms with E-state index in [2.05, 4.69) is 60.8 Å². The summed E-state index contributed by atoms with van der Waals surface area (Å²) < 4.78 is 2.07. The Labute approximate surface area is 130 Å². The van der Waals surface area contributed by atoms with Crippen molar-refractivity contribution in [2.45, 2.75) is 47.1 Å². The van der Waals surface area contributed by atoms with E-state index in [4.69, 9.17) is 5.73 Å². The lowest BCUT2D eigenvalue weighted by Crippen LogP contribution is -2.14. The minimum absolute atomic E-state index is 0. The van der Waals surface area contributed by atoms with Crippen molar-refractivity contribution in [3.8, 4) is 11.3 Å². The number of nitrogens with zero attached hydrogens (tertiary/aromatic N) is 2. The molecule has 0 aliphatic carbocycles. The zero-order chi connectivity index (χ0) is 15.8. The van der Waals surface area contributed by atoms with Crippen molar-refractivity contribution in [3.63, 3.8) is 0 Å². The van der Waals surface area contributed by atoms with Crippen LogP contribution < -0.4 is 5.73 Å². The van der Waals surface area contributed by atoms with Gasteiger partial charge in [-0.15, -0.1) is 0 Å². The Balaban J connectivity index is 0.00000141. The summed E-state index contributed by atoms with van der Waals surface area (Å²) in [5, 5.41) is 0. The van der Waals surface area contributed by atoms with E-state index in [0.717, 1.165) is 17.7 Å². The lowest BCUT2D eigenvalue weighted by atomic mass is 10.0.